The fourth-order valence-corrected chi connectivity index (χ4v) is 3.29. The Morgan fingerprint density at radius 3 is 2.88 bits per heavy atom. The molecule has 0 atom stereocenters. The summed E-state index contributed by atoms with van der Waals surface area (Å²) in [6.45, 7) is 4.26. The maximum absolute atomic E-state index is 4.73. The van der Waals surface area contributed by atoms with Crippen LogP contribution in [0.5, 0.6) is 0 Å². The van der Waals surface area contributed by atoms with Crippen molar-refractivity contribution >= 4 is 0 Å². The molecular formula is C13H21N3. The molecule has 1 aliphatic carbocycles. The molecule has 0 aromatic carbocycles. The summed E-state index contributed by atoms with van der Waals surface area (Å²) in [5.74, 6) is 1.24. The molecule has 1 aromatic heterocycles. The molecule has 0 unspecified atom stereocenters. The first-order valence-corrected chi connectivity index (χ1v) is 6.63. The van der Waals surface area contributed by atoms with E-state index in [9.17, 15) is 0 Å². The van der Waals surface area contributed by atoms with Crippen LogP contribution < -0.4 is 5.32 Å². The lowest BCUT2D eigenvalue weighted by Crippen LogP contribution is -2.26. The van der Waals surface area contributed by atoms with Crippen LogP contribution in [0.4, 0.5) is 0 Å². The number of aryl methyl sites for hydroxylation is 1. The second-order valence-electron chi connectivity index (χ2n) is 5.14. The summed E-state index contributed by atoms with van der Waals surface area (Å²) in [5, 5.41) is 3.41. The third-order valence-corrected chi connectivity index (χ3v) is 4.04. The number of nitrogens with one attached hydrogen (secondary N) is 1. The van der Waals surface area contributed by atoms with Gasteiger partial charge in [0.2, 0.25) is 0 Å². The van der Waals surface area contributed by atoms with E-state index in [1.54, 1.807) is 0 Å². The number of nitrogens with zero attached hydrogens (tertiary/aromatic N) is 2. The molecule has 0 bridgehead atoms. The lowest BCUT2D eigenvalue weighted by molar-refractivity contribution is 0.340. The Morgan fingerprint density at radius 2 is 2.06 bits per heavy atom. The Morgan fingerprint density at radius 1 is 1.25 bits per heavy atom. The molecule has 16 heavy (non-hydrogen) atoms. The molecule has 1 N–H and O–H groups in total. The van der Waals surface area contributed by atoms with Gasteiger partial charge in [0.1, 0.15) is 5.82 Å². The van der Waals surface area contributed by atoms with Crippen molar-refractivity contribution in [2.24, 2.45) is 0 Å². The first kappa shape index (κ1) is 10.3. The van der Waals surface area contributed by atoms with Crippen molar-refractivity contribution in [3.63, 3.8) is 0 Å². The molecule has 2 aliphatic rings. The van der Waals surface area contributed by atoms with Gasteiger partial charge in [0.05, 0.1) is 5.69 Å². The summed E-state index contributed by atoms with van der Waals surface area (Å²) in [6.07, 6.45) is 8.10. The zero-order valence-electron chi connectivity index (χ0n) is 10.1. The van der Waals surface area contributed by atoms with Crippen molar-refractivity contribution in [1.29, 1.82) is 0 Å². The van der Waals surface area contributed by atoms with Crippen molar-refractivity contribution in [3.05, 3.63) is 17.2 Å². The Kier molecular flexibility index (Phi) is 2.72. The van der Waals surface area contributed by atoms with Crippen LogP contribution in [0.2, 0.25) is 0 Å². The number of hydrogen-bond donors (Lipinski definition) is 1. The second kappa shape index (κ2) is 4.21. The van der Waals surface area contributed by atoms with E-state index in [1.807, 2.05) is 0 Å². The molecule has 0 amide bonds. The lowest BCUT2D eigenvalue weighted by Gasteiger charge is -2.27. The highest BCUT2D eigenvalue weighted by atomic mass is 15.1. The first-order valence-electron chi connectivity index (χ1n) is 6.63. The zero-order chi connectivity index (χ0) is 11.0. The topological polar surface area (TPSA) is 29.9 Å². The fourth-order valence-electron chi connectivity index (χ4n) is 3.29. The van der Waals surface area contributed by atoms with Crippen LogP contribution in [0.15, 0.2) is 0 Å². The molecule has 0 radical (unpaired) electrons. The predicted molar refractivity (Wildman–Crippen MR) is 64.5 cm³/mol. The maximum Gasteiger partial charge on any atom is 0.106 e. The highest BCUT2D eigenvalue weighted by Crippen LogP contribution is 2.32. The molecule has 1 fully saturated rings. The summed E-state index contributed by atoms with van der Waals surface area (Å²) in [4.78, 5) is 4.73. The molecule has 0 spiro atoms. The van der Waals surface area contributed by atoms with E-state index in [1.165, 1.54) is 49.3 Å². The third-order valence-electron chi connectivity index (χ3n) is 4.04. The molecule has 3 heteroatoms. The minimum atomic E-state index is 0.739. The van der Waals surface area contributed by atoms with Crippen LogP contribution in [0.3, 0.4) is 0 Å². The number of rotatable bonds is 1. The van der Waals surface area contributed by atoms with E-state index < -0.39 is 0 Å². The monoisotopic (exact) mass is 219 g/mol. The van der Waals surface area contributed by atoms with Gasteiger partial charge in [-0.15, -0.1) is 0 Å². The molecule has 3 nitrogen and oxygen atoms in total. The van der Waals surface area contributed by atoms with Crippen LogP contribution in [-0.4, -0.2) is 16.1 Å². The molecule has 3 rings (SSSR count). The van der Waals surface area contributed by atoms with E-state index in [2.05, 4.69) is 16.8 Å². The number of hydrogen-bond acceptors (Lipinski definition) is 2. The van der Waals surface area contributed by atoms with Gasteiger partial charge in [-0.2, -0.15) is 0 Å². The number of imidazole rings is 1. The normalized spacial score (nSPS) is 22.1. The number of aromatic nitrogens is 2. The van der Waals surface area contributed by atoms with Gasteiger partial charge >= 0.3 is 0 Å². The Hall–Kier alpha value is -0.830. The SMILES string of the molecule is Cc1nc2c(n1C1CCCCC1)CCNC2. The average Bonchev–Trinajstić information content (AvgIpc) is 2.66. The molecule has 88 valence electrons. The van der Waals surface area contributed by atoms with Gasteiger partial charge in [0.25, 0.3) is 0 Å². The first-order chi connectivity index (χ1) is 7.86. The third kappa shape index (κ3) is 1.67. The second-order valence-corrected chi connectivity index (χ2v) is 5.14. The van der Waals surface area contributed by atoms with Crippen molar-refractivity contribution in [1.82, 2.24) is 14.9 Å². The lowest BCUT2D eigenvalue weighted by atomic mass is 9.94. The molecule has 1 aromatic rings. The molecule has 0 saturated heterocycles. The van der Waals surface area contributed by atoms with Crippen molar-refractivity contribution in [3.8, 4) is 0 Å². The van der Waals surface area contributed by atoms with Gasteiger partial charge in [0.15, 0.2) is 0 Å². The van der Waals surface area contributed by atoms with Crippen molar-refractivity contribution in [2.75, 3.05) is 6.54 Å². The molecular weight excluding hydrogens is 198 g/mol. The van der Waals surface area contributed by atoms with Crippen LogP contribution >= 0.6 is 0 Å². The smallest absolute Gasteiger partial charge is 0.106 e. The van der Waals surface area contributed by atoms with Crippen LogP contribution in [0, 0.1) is 6.92 Å². The summed E-state index contributed by atoms with van der Waals surface area (Å²) in [5.41, 5.74) is 2.82. The maximum atomic E-state index is 4.73. The highest BCUT2D eigenvalue weighted by Gasteiger charge is 2.24. The number of fused-ring (bicyclic) bond motifs is 1. The van der Waals surface area contributed by atoms with E-state index in [0.29, 0.717) is 0 Å². The van der Waals surface area contributed by atoms with E-state index in [4.69, 9.17) is 4.98 Å². The van der Waals surface area contributed by atoms with Gasteiger partial charge in [-0.25, -0.2) is 4.98 Å². The molecule has 1 aliphatic heterocycles. The Bertz CT molecular complexity index is 375. The largest absolute Gasteiger partial charge is 0.329 e. The van der Waals surface area contributed by atoms with Gasteiger partial charge in [0, 0.05) is 31.2 Å². The van der Waals surface area contributed by atoms with E-state index >= 15 is 0 Å². The minimum absolute atomic E-state index is 0.739. The zero-order valence-corrected chi connectivity index (χ0v) is 10.1. The Labute approximate surface area is 97.3 Å². The average molecular weight is 219 g/mol. The van der Waals surface area contributed by atoms with E-state index in [-0.39, 0.29) is 0 Å². The Balaban J connectivity index is 1.95. The van der Waals surface area contributed by atoms with Crippen LogP contribution in [-0.2, 0) is 13.0 Å². The standard InChI is InChI=1S/C13H21N3/c1-10-15-12-9-14-8-7-13(12)16(10)11-5-3-2-4-6-11/h11,14H,2-9H2,1H3. The van der Waals surface area contributed by atoms with Crippen molar-refractivity contribution in [2.45, 2.75) is 58.0 Å². The summed E-state index contributed by atoms with van der Waals surface area (Å²) < 4.78 is 2.55. The van der Waals surface area contributed by atoms with Gasteiger partial charge in [-0.05, 0) is 19.8 Å². The highest BCUT2D eigenvalue weighted by molar-refractivity contribution is 5.21. The van der Waals surface area contributed by atoms with Crippen LogP contribution in [0.1, 0.15) is 55.4 Å². The molecule has 2 heterocycles. The van der Waals surface area contributed by atoms with Gasteiger partial charge < -0.3 is 9.88 Å². The summed E-state index contributed by atoms with van der Waals surface area (Å²) in [6, 6.07) is 0.739. The fraction of sp³-hybridized carbons (Fsp3) is 0.769. The predicted octanol–water partition coefficient (Wildman–Crippen LogP) is 2.34. The summed E-state index contributed by atoms with van der Waals surface area (Å²) >= 11 is 0. The quantitative estimate of drug-likeness (QED) is 0.785. The summed E-state index contributed by atoms with van der Waals surface area (Å²) in [7, 11) is 0. The van der Waals surface area contributed by atoms with E-state index in [0.717, 1.165) is 25.6 Å². The van der Waals surface area contributed by atoms with Gasteiger partial charge in [-0.1, -0.05) is 19.3 Å². The molecule has 1 saturated carbocycles. The van der Waals surface area contributed by atoms with Crippen molar-refractivity contribution < 1.29 is 0 Å². The van der Waals surface area contributed by atoms with Gasteiger partial charge in [-0.3, -0.25) is 0 Å². The van der Waals surface area contributed by atoms with Crippen LogP contribution in [0.25, 0.3) is 0 Å². The minimum Gasteiger partial charge on any atom is -0.329 e.